The number of aliphatic carboxylic acids is 1. The number of carboxylic acids is 1. The van der Waals surface area contributed by atoms with Crippen LogP contribution in [0.25, 0.3) is 0 Å². The monoisotopic (exact) mass is 199 g/mol. The Labute approximate surface area is 85.9 Å². The van der Waals surface area contributed by atoms with Crippen LogP contribution >= 0.6 is 0 Å². The molecule has 1 aliphatic rings. The smallest absolute Gasteiger partial charge is 0.320 e. The molecule has 1 unspecified atom stereocenters. The standard InChI is InChI=1S/C11H21NO2/c1-4-11(6-5-7-11)12-9(8(2)3)10(13)14/h8-9,12H,4-7H2,1-3H3,(H,13,14). The molecule has 0 aromatic rings. The summed E-state index contributed by atoms with van der Waals surface area (Å²) in [6, 6.07) is -0.393. The Hall–Kier alpha value is -0.570. The van der Waals surface area contributed by atoms with Gasteiger partial charge in [-0.3, -0.25) is 10.1 Å². The molecule has 0 radical (unpaired) electrons. The molecule has 0 amide bonds. The predicted molar refractivity (Wildman–Crippen MR) is 56.3 cm³/mol. The van der Waals surface area contributed by atoms with Gasteiger partial charge in [-0.1, -0.05) is 20.8 Å². The lowest BCUT2D eigenvalue weighted by Crippen LogP contribution is -2.58. The van der Waals surface area contributed by atoms with Gasteiger partial charge in [-0.15, -0.1) is 0 Å². The van der Waals surface area contributed by atoms with Crippen LogP contribution in [0.4, 0.5) is 0 Å². The maximum Gasteiger partial charge on any atom is 0.320 e. The van der Waals surface area contributed by atoms with E-state index in [4.69, 9.17) is 5.11 Å². The van der Waals surface area contributed by atoms with Crippen molar-refractivity contribution in [2.75, 3.05) is 0 Å². The molecule has 0 bridgehead atoms. The molecule has 1 rings (SSSR count). The molecule has 0 heterocycles. The Kier molecular flexibility index (Phi) is 3.53. The largest absolute Gasteiger partial charge is 0.480 e. The number of rotatable bonds is 5. The van der Waals surface area contributed by atoms with Crippen LogP contribution in [0.1, 0.15) is 46.5 Å². The van der Waals surface area contributed by atoms with Crippen molar-refractivity contribution in [3.8, 4) is 0 Å². The highest BCUT2D eigenvalue weighted by Crippen LogP contribution is 2.35. The molecule has 0 spiro atoms. The summed E-state index contributed by atoms with van der Waals surface area (Å²) < 4.78 is 0. The molecule has 1 fully saturated rings. The van der Waals surface area contributed by atoms with Gasteiger partial charge in [0.05, 0.1) is 0 Å². The molecule has 14 heavy (non-hydrogen) atoms. The zero-order valence-corrected chi connectivity index (χ0v) is 9.34. The second-order valence-corrected chi connectivity index (χ2v) is 4.69. The van der Waals surface area contributed by atoms with Gasteiger partial charge in [0.1, 0.15) is 6.04 Å². The molecular weight excluding hydrogens is 178 g/mol. The maximum atomic E-state index is 11.0. The normalized spacial score (nSPS) is 21.7. The molecule has 82 valence electrons. The Bertz CT molecular complexity index is 204. The van der Waals surface area contributed by atoms with Crippen LogP contribution in [0.2, 0.25) is 0 Å². The van der Waals surface area contributed by atoms with Gasteiger partial charge in [0.2, 0.25) is 0 Å². The summed E-state index contributed by atoms with van der Waals surface area (Å²) >= 11 is 0. The van der Waals surface area contributed by atoms with Crippen molar-refractivity contribution in [1.29, 1.82) is 0 Å². The number of carbonyl (C=O) groups is 1. The Balaban J connectivity index is 2.58. The van der Waals surface area contributed by atoms with Gasteiger partial charge in [0, 0.05) is 5.54 Å². The van der Waals surface area contributed by atoms with Gasteiger partial charge in [0.15, 0.2) is 0 Å². The highest BCUT2D eigenvalue weighted by Gasteiger charge is 2.39. The minimum atomic E-state index is -0.722. The quantitative estimate of drug-likeness (QED) is 0.712. The zero-order chi connectivity index (χ0) is 10.8. The van der Waals surface area contributed by atoms with Crippen LogP contribution in [-0.2, 0) is 4.79 Å². The van der Waals surface area contributed by atoms with Gasteiger partial charge >= 0.3 is 5.97 Å². The molecular formula is C11H21NO2. The lowest BCUT2D eigenvalue weighted by Gasteiger charge is -2.44. The molecule has 1 saturated carbocycles. The first-order valence-electron chi connectivity index (χ1n) is 5.51. The summed E-state index contributed by atoms with van der Waals surface area (Å²) in [5, 5.41) is 12.4. The van der Waals surface area contributed by atoms with Crippen molar-refractivity contribution >= 4 is 5.97 Å². The number of nitrogens with one attached hydrogen (secondary N) is 1. The summed E-state index contributed by atoms with van der Waals surface area (Å²) in [5.74, 6) is -0.573. The van der Waals surface area contributed by atoms with E-state index in [9.17, 15) is 4.79 Å². The lowest BCUT2D eigenvalue weighted by atomic mass is 9.74. The Morgan fingerprint density at radius 3 is 2.29 bits per heavy atom. The van der Waals surface area contributed by atoms with Gasteiger partial charge in [-0.05, 0) is 31.6 Å². The molecule has 1 aliphatic carbocycles. The second-order valence-electron chi connectivity index (χ2n) is 4.69. The number of carboxylic acid groups (broad SMARTS) is 1. The molecule has 2 N–H and O–H groups in total. The first-order valence-corrected chi connectivity index (χ1v) is 5.51. The molecule has 3 heteroatoms. The first-order chi connectivity index (χ1) is 6.51. The van der Waals surface area contributed by atoms with Crippen LogP contribution in [0.3, 0.4) is 0 Å². The van der Waals surface area contributed by atoms with Crippen LogP contribution < -0.4 is 5.32 Å². The van der Waals surface area contributed by atoms with Crippen molar-refractivity contribution in [2.24, 2.45) is 5.92 Å². The highest BCUT2D eigenvalue weighted by molar-refractivity contribution is 5.73. The fourth-order valence-electron chi connectivity index (χ4n) is 2.05. The van der Waals surface area contributed by atoms with Crippen LogP contribution in [0.15, 0.2) is 0 Å². The summed E-state index contributed by atoms with van der Waals surface area (Å²) in [4.78, 5) is 11.0. The Morgan fingerprint density at radius 1 is 1.50 bits per heavy atom. The van der Waals surface area contributed by atoms with Gasteiger partial charge in [-0.2, -0.15) is 0 Å². The van der Waals surface area contributed by atoms with Gasteiger partial charge < -0.3 is 5.11 Å². The second kappa shape index (κ2) is 4.30. The van der Waals surface area contributed by atoms with E-state index in [-0.39, 0.29) is 11.5 Å². The van der Waals surface area contributed by atoms with E-state index in [1.807, 2.05) is 13.8 Å². The average molecular weight is 199 g/mol. The topological polar surface area (TPSA) is 49.3 Å². The summed E-state index contributed by atoms with van der Waals surface area (Å²) in [5.41, 5.74) is 0.118. The molecule has 3 nitrogen and oxygen atoms in total. The van der Waals surface area contributed by atoms with E-state index >= 15 is 0 Å². The average Bonchev–Trinajstić information content (AvgIpc) is 2.02. The minimum Gasteiger partial charge on any atom is -0.480 e. The predicted octanol–water partition coefficient (Wildman–Crippen LogP) is 2.02. The minimum absolute atomic E-state index is 0.118. The van der Waals surface area contributed by atoms with E-state index in [2.05, 4.69) is 12.2 Å². The highest BCUT2D eigenvalue weighted by atomic mass is 16.4. The molecule has 1 atom stereocenters. The number of hydrogen-bond donors (Lipinski definition) is 2. The van der Waals surface area contributed by atoms with Crippen molar-refractivity contribution < 1.29 is 9.90 Å². The van der Waals surface area contributed by atoms with E-state index in [1.165, 1.54) is 6.42 Å². The maximum absolute atomic E-state index is 11.0. The van der Waals surface area contributed by atoms with E-state index in [1.54, 1.807) is 0 Å². The fraction of sp³-hybridized carbons (Fsp3) is 0.909. The first kappa shape index (κ1) is 11.5. The van der Waals surface area contributed by atoms with Crippen LogP contribution in [0.5, 0.6) is 0 Å². The molecule has 0 aliphatic heterocycles. The summed E-state index contributed by atoms with van der Waals surface area (Å²) in [6.07, 6.45) is 4.51. The fourth-order valence-corrected chi connectivity index (χ4v) is 2.05. The third-order valence-corrected chi connectivity index (χ3v) is 3.38. The summed E-state index contributed by atoms with van der Waals surface area (Å²) in [6.45, 7) is 6.03. The zero-order valence-electron chi connectivity index (χ0n) is 9.34. The van der Waals surface area contributed by atoms with Crippen molar-refractivity contribution in [3.05, 3.63) is 0 Å². The van der Waals surface area contributed by atoms with Crippen LogP contribution in [0, 0.1) is 5.92 Å². The summed E-state index contributed by atoms with van der Waals surface area (Å²) in [7, 11) is 0. The van der Waals surface area contributed by atoms with Gasteiger partial charge in [-0.25, -0.2) is 0 Å². The lowest BCUT2D eigenvalue weighted by molar-refractivity contribution is -0.141. The molecule has 0 aromatic heterocycles. The van der Waals surface area contributed by atoms with E-state index < -0.39 is 12.0 Å². The third kappa shape index (κ3) is 2.27. The molecule has 0 aromatic carbocycles. The van der Waals surface area contributed by atoms with E-state index in [0.717, 1.165) is 19.3 Å². The van der Waals surface area contributed by atoms with Gasteiger partial charge in [0.25, 0.3) is 0 Å². The van der Waals surface area contributed by atoms with Crippen molar-refractivity contribution in [3.63, 3.8) is 0 Å². The SMILES string of the molecule is CCC1(NC(C(=O)O)C(C)C)CCC1. The molecule has 0 saturated heterocycles. The Morgan fingerprint density at radius 2 is 2.07 bits per heavy atom. The van der Waals surface area contributed by atoms with E-state index in [0.29, 0.717) is 0 Å². The third-order valence-electron chi connectivity index (χ3n) is 3.38. The van der Waals surface area contributed by atoms with Crippen LogP contribution in [-0.4, -0.2) is 22.7 Å². The number of hydrogen-bond acceptors (Lipinski definition) is 2. The van der Waals surface area contributed by atoms with Crippen molar-refractivity contribution in [2.45, 2.75) is 58.0 Å². The van der Waals surface area contributed by atoms with Crippen molar-refractivity contribution in [1.82, 2.24) is 5.32 Å².